The van der Waals surface area contributed by atoms with Crippen LogP contribution in [0.15, 0.2) is 164 Å². The summed E-state index contributed by atoms with van der Waals surface area (Å²) in [7, 11) is 0. The number of para-hydroxylation sites is 3. The van der Waals surface area contributed by atoms with Crippen LogP contribution in [0.2, 0.25) is 0 Å². The molecule has 0 N–H and O–H groups in total. The molecule has 0 saturated carbocycles. The van der Waals surface area contributed by atoms with Crippen LogP contribution in [0.5, 0.6) is 0 Å². The number of rotatable bonds is 3. The average molecular weight is 598 g/mol. The smallest absolute Gasteiger partial charge is 0.160 e. The lowest BCUT2D eigenvalue weighted by molar-refractivity contribution is 1.18. The first-order valence-corrected chi connectivity index (χ1v) is 16.0. The molecule has 0 radical (unpaired) electrons. The minimum atomic E-state index is 0.730. The fourth-order valence-electron chi connectivity index (χ4n) is 7.43. The Kier molecular flexibility index (Phi) is 5.57. The Hall–Kier alpha value is -6.32. The third kappa shape index (κ3) is 3.93. The number of nitrogens with zero attached hydrogens (tertiary/aromatic N) is 3. The first-order chi connectivity index (χ1) is 23.3. The lowest BCUT2D eigenvalue weighted by Crippen LogP contribution is -1.95. The summed E-state index contributed by atoms with van der Waals surface area (Å²) >= 11 is 0. The fourth-order valence-corrected chi connectivity index (χ4v) is 7.43. The van der Waals surface area contributed by atoms with Crippen LogP contribution in [0.25, 0.3) is 93.4 Å². The van der Waals surface area contributed by atoms with E-state index in [0.29, 0.717) is 0 Å². The van der Waals surface area contributed by atoms with Crippen LogP contribution in [-0.4, -0.2) is 14.5 Å². The van der Waals surface area contributed by atoms with Gasteiger partial charge in [-0.25, -0.2) is 9.97 Å². The minimum Gasteiger partial charge on any atom is -0.309 e. The average Bonchev–Trinajstić information content (AvgIpc) is 3.47. The summed E-state index contributed by atoms with van der Waals surface area (Å²) in [6.45, 7) is 0. The van der Waals surface area contributed by atoms with Crippen molar-refractivity contribution in [2.75, 3.05) is 0 Å². The van der Waals surface area contributed by atoms with E-state index < -0.39 is 0 Å². The standard InChI is InChI=1S/C44H27N3/c1-3-13-28(14-4-1)43-35-20-9-11-21-40(35)45-44(46-43)29-23-24-33-36(25-29)31-17-7-8-18-32(31)37-26-39-34-19-10-12-22-41(34)47(42(39)27-38(33)37)30-15-5-2-6-16-30/h1-27H. The molecule has 0 saturated heterocycles. The summed E-state index contributed by atoms with van der Waals surface area (Å²) in [6, 6.07) is 58.4. The van der Waals surface area contributed by atoms with Crippen LogP contribution < -0.4 is 0 Å². The molecule has 3 nitrogen and oxygen atoms in total. The van der Waals surface area contributed by atoms with Gasteiger partial charge in [0.05, 0.1) is 22.2 Å². The van der Waals surface area contributed by atoms with Crippen molar-refractivity contribution in [1.29, 1.82) is 0 Å². The molecule has 47 heavy (non-hydrogen) atoms. The van der Waals surface area contributed by atoms with Gasteiger partial charge < -0.3 is 4.57 Å². The first-order valence-electron chi connectivity index (χ1n) is 16.0. The third-order valence-corrected chi connectivity index (χ3v) is 9.55. The zero-order chi connectivity index (χ0) is 30.9. The van der Waals surface area contributed by atoms with E-state index in [0.717, 1.165) is 39.2 Å². The predicted molar refractivity (Wildman–Crippen MR) is 197 cm³/mol. The molecule has 2 aromatic heterocycles. The van der Waals surface area contributed by atoms with E-state index in [2.05, 4.69) is 156 Å². The molecular formula is C44H27N3. The normalized spacial score (nSPS) is 11.8. The summed E-state index contributed by atoms with van der Waals surface area (Å²) in [5.74, 6) is 0.730. The first kappa shape index (κ1) is 26.0. The Morgan fingerprint density at radius 2 is 0.936 bits per heavy atom. The van der Waals surface area contributed by atoms with Gasteiger partial charge in [-0.1, -0.05) is 121 Å². The van der Waals surface area contributed by atoms with Gasteiger partial charge >= 0.3 is 0 Å². The van der Waals surface area contributed by atoms with Gasteiger partial charge in [-0.2, -0.15) is 0 Å². The fraction of sp³-hybridized carbons (Fsp3) is 0. The van der Waals surface area contributed by atoms with Crippen LogP contribution in [0.4, 0.5) is 0 Å². The molecule has 0 fully saturated rings. The van der Waals surface area contributed by atoms with E-state index in [4.69, 9.17) is 9.97 Å². The monoisotopic (exact) mass is 597 g/mol. The Morgan fingerprint density at radius 3 is 1.72 bits per heavy atom. The summed E-state index contributed by atoms with van der Waals surface area (Å²) in [6.07, 6.45) is 0. The van der Waals surface area contributed by atoms with Crippen LogP contribution in [0.3, 0.4) is 0 Å². The van der Waals surface area contributed by atoms with E-state index in [1.807, 2.05) is 12.1 Å². The second kappa shape index (κ2) is 10.1. The molecule has 218 valence electrons. The van der Waals surface area contributed by atoms with Crippen LogP contribution in [0, 0.1) is 0 Å². The SMILES string of the molecule is c1ccc(-c2nc(-c3ccc4c(c3)c3ccccc3c3cc5c6ccccc6n(-c6ccccc6)c5cc43)nc3ccccc23)cc1. The molecule has 8 aromatic carbocycles. The maximum atomic E-state index is 5.19. The maximum Gasteiger partial charge on any atom is 0.160 e. The lowest BCUT2D eigenvalue weighted by atomic mass is 9.92. The van der Waals surface area contributed by atoms with Crippen molar-refractivity contribution < 1.29 is 0 Å². The minimum absolute atomic E-state index is 0.730. The second-order valence-electron chi connectivity index (χ2n) is 12.2. The highest BCUT2D eigenvalue weighted by Crippen LogP contribution is 2.42. The van der Waals surface area contributed by atoms with Crippen molar-refractivity contribution in [2.45, 2.75) is 0 Å². The van der Waals surface area contributed by atoms with Crippen molar-refractivity contribution in [2.24, 2.45) is 0 Å². The van der Waals surface area contributed by atoms with Gasteiger partial charge in [-0.05, 0) is 74.8 Å². The molecule has 0 amide bonds. The van der Waals surface area contributed by atoms with Gasteiger partial charge in [-0.15, -0.1) is 0 Å². The topological polar surface area (TPSA) is 30.7 Å². The Bertz CT molecular complexity index is 2830. The van der Waals surface area contributed by atoms with Gasteiger partial charge in [0, 0.05) is 33.0 Å². The molecule has 0 bridgehead atoms. The molecule has 10 aromatic rings. The number of fused-ring (bicyclic) bond motifs is 10. The quantitative estimate of drug-likeness (QED) is 0.190. The number of hydrogen-bond donors (Lipinski definition) is 0. The Morgan fingerprint density at radius 1 is 0.340 bits per heavy atom. The van der Waals surface area contributed by atoms with Crippen molar-refractivity contribution in [1.82, 2.24) is 14.5 Å². The predicted octanol–water partition coefficient (Wildman–Crippen LogP) is 11.5. The second-order valence-corrected chi connectivity index (χ2v) is 12.2. The number of benzene rings is 8. The molecular weight excluding hydrogens is 571 g/mol. The molecule has 0 aliphatic rings. The van der Waals surface area contributed by atoms with E-state index in [9.17, 15) is 0 Å². The number of hydrogen-bond acceptors (Lipinski definition) is 2. The van der Waals surface area contributed by atoms with Gasteiger partial charge in [0.15, 0.2) is 5.82 Å². The van der Waals surface area contributed by atoms with Crippen molar-refractivity contribution in [3.63, 3.8) is 0 Å². The lowest BCUT2D eigenvalue weighted by Gasteiger charge is -2.14. The van der Waals surface area contributed by atoms with Crippen molar-refractivity contribution in [3.8, 4) is 28.3 Å². The summed E-state index contributed by atoms with van der Waals surface area (Å²) in [4.78, 5) is 10.3. The summed E-state index contributed by atoms with van der Waals surface area (Å²) < 4.78 is 2.40. The Labute approximate surface area is 271 Å². The number of aromatic nitrogens is 3. The highest BCUT2D eigenvalue weighted by Gasteiger charge is 2.18. The Balaban J connectivity index is 1.28. The molecule has 3 heteroatoms. The summed E-state index contributed by atoms with van der Waals surface area (Å²) in [5.41, 5.74) is 7.56. The van der Waals surface area contributed by atoms with Gasteiger partial charge in [0.1, 0.15) is 0 Å². The van der Waals surface area contributed by atoms with E-state index in [1.165, 1.54) is 54.1 Å². The third-order valence-electron chi connectivity index (χ3n) is 9.55. The van der Waals surface area contributed by atoms with E-state index in [1.54, 1.807) is 0 Å². The van der Waals surface area contributed by atoms with Gasteiger partial charge in [0.25, 0.3) is 0 Å². The van der Waals surface area contributed by atoms with E-state index >= 15 is 0 Å². The highest BCUT2D eigenvalue weighted by molar-refractivity contribution is 6.29. The van der Waals surface area contributed by atoms with Crippen molar-refractivity contribution in [3.05, 3.63) is 164 Å². The van der Waals surface area contributed by atoms with Gasteiger partial charge in [-0.3, -0.25) is 0 Å². The molecule has 0 spiro atoms. The van der Waals surface area contributed by atoms with Crippen LogP contribution in [0.1, 0.15) is 0 Å². The van der Waals surface area contributed by atoms with E-state index in [-0.39, 0.29) is 0 Å². The largest absolute Gasteiger partial charge is 0.309 e. The zero-order valence-electron chi connectivity index (χ0n) is 25.4. The van der Waals surface area contributed by atoms with Gasteiger partial charge in [0.2, 0.25) is 0 Å². The molecule has 0 aliphatic carbocycles. The maximum absolute atomic E-state index is 5.19. The molecule has 10 rings (SSSR count). The summed E-state index contributed by atoms with van der Waals surface area (Å²) in [5, 5.41) is 11.0. The van der Waals surface area contributed by atoms with Crippen LogP contribution in [-0.2, 0) is 0 Å². The molecule has 0 unspecified atom stereocenters. The van der Waals surface area contributed by atoms with Crippen molar-refractivity contribution >= 4 is 65.0 Å². The molecule has 2 heterocycles. The zero-order valence-corrected chi connectivity index (χ0v) is 25.4. The molecule has 0 aliphatic heterocycles. The highest BCUT2D eigenvalue weighted by atomic mass is 15.0. The van der Waals surface area contributed by atoms with Crippen LogP contribution >= 0.6 is 0 Å². The molecule has 0 atom stereocenters.